The van der Waals surface area contributed by atoms with Crippen molar-refractivity contribution in [1.29, 1.82) is 0 Å². The molecule has 0 saturated heterocycles. The Morgan fingerprint density at radius 2 is 1.70 bits per heavy atom. The fourth-order valence-electron chi connectivity index (χ4n) is 4.09. The van der Waals surface area contributed by atoms with Crippen molar-refractivity contribution in [1.82, 2.24) is 4.98 Å². The highest BCUT2D eigenvalue weighted by atomic mass is 32.1. The summed E-state index contributed by atoms with van der Waals surface area (Å²) >= 11 is 1.54. The van der Waals surface area contributed by atoms with E-state index >= 15 is 0 Å². The third-order valence-electron chi connectivity index (χ3n) is 5.63. The maximum Gasteiger partial charge on any atom is 0.181 e. The molecule has 6 heteroatoms. The molecule has 2 aromatic carbocycles. The Bertz CT molecular complexity index is 1150. The number of benzene rings is 2. The molecule has 1 aliphatic rings. The monoisotopic (exact) mass is 421 g/mol. The van der Waals surface area contributed by atoms with E-state index in [0.29, 0.717) is 11.1 Å². The van der Waals surface area contributed by atoms with Crippen molar-refractivity contribution >= 4 is 38.9 Å². The van der Waals surface area contributed by atoms with Gasteiger partial charge in [0.15, 0.2) is 17.3 Å². The predicted molar refractivity (Wildman–Crippen MR) is 117 cm³/mol. The van der Waals surface area contributed by atoms with E-state index in [-0.39, 0.29) is 29.8 Å². The van der Waals surface area contributed by atoms with Crippen molar-refractivity contribution in [3.05, 3.63) is 47.5 Å². The highest BCUT2D eigenvalue weighted by Gasteiger charge is 2.43. The number of ketones is 3. The van der Waals surface area contributed by atoms with Gasteiger partial charge in [-0.1, -0.05) is 13.8 Å². The van der Waals surface area contributed by atoms with Crippen LogP contribution < -0.4 is 4.74 Å². The van der Waals surface area contributed by atoms with Crippen molar-refractivity contribution in [2.45, 2.75) is 33.6 Å². The molecule has 0 atom stereocenters. The van der Waals surface area contributed by atoms with Crippen LogP contribution in [0.4, 0.5) is 0 Å². The number of ether oxygens (including phenoxy) is 1. The average molecular weight is 422 g/mol. The first-order chi connectivity index (χ1) is 14.2. The molecule has 0 spiro atoms. The molecular weight excluding hydrogens is 398 g/mol. The molecule has 0 unspecified atom stereocenters. The van der Waals surface area contributed by atoms with E-state index in [2.05, 4.69) is 0 Å². The van der Waals surface area contributed by atoms with Crippen molar-refractivity contribution in [2.24, 2.45) is 11.3 Å². The first-order valence-electron chi connectivity index (χ1n) is 9.84. The summed E-state index contributed by atoms with van der Waals surface area (Å²) in [6, 6.07) is 11.2. The summed E-state index contributed by atoms with van der Waals surface area (Å²) < 4.78 is 6.16. The average Bonchev–Trinajstić information content (AvgIpc) is 3.12. The minimum absolute atomic E-state index is 0.245. The van der Waals surface area contributed by atoms with Crippen molar-refractivity contribution in [3.8, 4) is 16.3 Å². The van der Waals surface area contributed by atoms with Crippen LogP contribution in [0.5, 0.6) is 5.75 Å². The molecule has 154 valence electrons. The second kappa shape index (κ2) is 7.43. The maximum atomic E-state index is 13.2. The molecule has 1 fully saturated rings. The summed E-state index contributed by atoms with van der Waals surface area (Å²) in [6.45, 7) is 5.60. The first-order valence-corrected chi connectivity index (χ1v) is 10.7. The van der Waals surface area contributed by atoms with Crippen molar-refractivity contribution < 1.29 is 19.1 Å². The number of carbonyl (C=O) groups excluding carboxylic acids is 3. The minimum atomic E-state index is -1.19. The van der Waals surface area contributed by atoms with Crippen LogP contribution in [0.25, 0.3) is 20.8 Å². The Hall–Kier alpha value is -2.86. The summed E-state index contributed by atoms with van der Waals surface area (Å²) in [7, 11) is 1.62. The lowest BCUT2D eigenvalue weighted by Crippen LogP contribution is -2.42. The van der Waals surface area contributed by atoms with Gasteiger partial charge < -0.3 is 4.74 Å². The van der Waals surface area contributed by atoms with E-state index in [1.807, 2.05) is 51.1 Å². The fraction of sp³-hybridized carbons (Fsp3) is 0.333. The van der Waals surface area contributed by atoms with Gasteiger partial charge in [0.2, 0.25) is 0 Å². The van der Waals surface area contributed by atoms with Crippen LogP contribution in [0.1, 0.15) is 42.6 Å². The van der Waals surface area contributed by atoms with Gasteiger partial charge in [0.1, 0.15) is 16.7 Å². The van der Waals surface area contributed by atoms with E-state index in [0.717, 1.165) is 26.5 Å². The van der Waals surface area contributed by atoms with Crippen LogP contribution in [-0.2, 0) is 9.59 Å². The topological polar surface area (TPSA) is 73.3 Å². The van der Waals surface area contributed by atoms with Crippen molar-refractivity contribution in [3.63, 3.8) is 0 Å². The van der Waals surface area contributed by atoms with Crippen LogP contribution in [0.15, 0.2) is 36.4 Å². The van der Waals surface area contributed by atoms with Crippen LogP contribution in [0.3, 0.4) is 0 Å². The predicted octanol–water partition coefficient (Wildman–Crippen LogP) is 5.04. The Balaban J connectivity index is 1.70. The summed E-state index contributed by atoms with van der Waals surface area (Å²) in [5.41, 5.74) is 2.42. The molecular formula is C24H23NO4S. The molecule has 3 aromatic rings. The van der Waals surface area contributed by atoms with Gasteiger partial charge in [-0.05, 0) is 54.3 Å². The summed E-state index contributed by atoms with van der Waals surface area (Å²) in [4.78, 5) is 43.1. The molecule has 0 N–H and O–H groups in total. The number of aromatic nitrogens is 1. The van der Waals surface area contributed by atoms with Crippen LogP contribution in [0, 0.1) is 18.3 Å². The van der Waals surface area contributed by atoms with Gasteiger partial charge in [-0.3, -0.25) is 14.4 Å². The third kappa shape index (κ3) is 3.56. The molecule has 1 aliphatic carbocycles. The first kappa shape index (κ1) is 20.4. The lowest BCUT2D eigenvalue weighted by molar-refractivity contribution is -0.137. The number of hydrogen-bond donors (Lipinski definition) is 0. The molecule has 1 aromatic heterocycles. The van der Waals surface area contributed by atoms with Gasteiger partial charge in [-0.15, -0.1) is 11.3 Å². The summed E-state index contributed by atoms with van der Waals surface area (Å²) in [6.07, 6.45) is 0.490. The van der Waals surface area contributed by atoms with Crippen LogP contribution in [-0.4, -0.2) is 29.4 Å². The van der Waals surface area contributed by atoms with Crippen LogP contribution in [0.2, 0.25) is 0 Å². The lowest BCUT2D eigenvalue weighted by Gasteiger charge is -2.31. The molecule has 4 rings (SSSR count). The lowest BCUT2D eigenvalue weighted by atomic mass is 9.69. The Morgan fingerprint density at radius 1 is 1.07 bits per heavy atom. The maximum absolute atomic E-state index is 13.2. The third-order valence-corrected chi connectivity index (χ3v) is 6.70. The zero-order chi connectivity index (χ0) is 21.6. The highest BCUT2D eigenvalue weighted by Crippen LogP contribution is 2.37. The van der Waals surface area contributed by atoms with Crippen molar-refractivity contribution in [2.75, 3.05) is 7.11 Å². The van der Waals surface area contributed by atoms with Gasteiger partial charge >= 0.3 is 0 Å². The number of Topliss-reactive ketones (excluding diaryl/α,β-unsaturated/α-hetero) is 3. The molecule has 1 saturated carbocycles. The molecule has 30 heavy (non-hydrogen) atoms. The van der Waals surface area contributed by atoms with Gasteiger partial charge in [0, 0.05) is 24.0 Å². The van der Waals surface area contributed by atoms with E-state index in [9.17, 15) is 14.4 Å². The smallest absolute Gasteiger partial charge is 0.181 e. The SMILES string of the molecule is COc1ccc(-c2nc3c(C)c(C(=O)C4C(=O)CC(C)(C)CC4=O)ccc3s2)cc1. The molecule has 5 nitrogen and oxygen atoms in total. The number of nitrogens with zero attached hydrogens (tertiary/aromatic N) is 1. The quantitative estimate of drug-likeness (QED) is 0.436. The summed E-state index contributed by atoms with van der Waals surface area (Å²) in [5, 5.41) is 0.840. The number of rotatable bonds is 4. The number of methoxy groups -OCH3 is 1. The Kier molecular flexibility index (Phi) is 5.06. The zero-order valence-corrected chi connectivity index (χ0v) is 18.3. The molecule has 0 bridgehead atoms. The van der Waals surface area contributed by atoms with E-state index in [1.54, 1.807) is 13.2 Å². The van der Waals surface area contributed by atoms with Gasteiger partial charge in [-0.2, -0.15) is 0 Å². The van der Waals surface area contributed by atoms with Gasteiger partial charge in [-0.25, -0.2) is 4.98 Å². The molecule has 0 aliphatic heterocycles. The normalized spacial score (nSPS) is 16.8. The molecule has 1 heterocycles. The van der Waals surface area contributed by atoms with E-state index < -0.39 is 11.7 Å². The summed E-state index contributed by atoms with van der Waals surface area (Å²) in [5.74, 6) is -1.38. The van der Waals surface area contributed by atoms with Gasteiger partial charge in [0.25, 0.3) is 0 Å². The second-order valence-corrected chi connectivity index (χ2v) is 9.61. The van der Waals surface area contributed by atoms with E-state index in [4.69, 9.17) is 9.72 Å². The number of hydrogen-bond acceptors (Lipinski definition) is 6. The minimum Gasteiger partial charge on any atom is -0.497 e. The van der Waals surface area contributed by atoms with Gasteiger partial charge in [0.05, 0.1) is 17.3 Å². The fourth-order valence-corrected chi connectivity index (χ4v) is 5.12. The number of aryl methyl sites for hydroxylation is 1. The largest absolute Gasteiger partial charge is 0.497 e. The number of carbonyl (C=O) groups is 3. The number of fused-ring (bicyclic) bond motifs is 1. The Morgan fingerprint density at radius 3 is 2.30 bits per heavy atom. The molecule has 0 amide bonds. The zero-order valence-electron chi connectivity index (χ0n) is 17.4. The highest BCUT2D eigenvalue weighted by molar-refractivity contribution is 7.21. The standard InChI is InChI=1S/C24H23NO4S/c1-13-16(22(28)20-17(26)11-24(2,3)12-18(20)27)9-10-19-21(13)25-23(30-19)14-5-7-15(29-4)8-6-14/h5-10,20H,11-12H2,1-4H3. The second-order valence-electron chi connectivity index (χ2n) is 8.58. The molecule has 0 radical (unpaired) electrons. The van der Waals surface area contributed by atoms with E-state index in [1.165, 1.54) is 11.3 Å². The number of thiazole rings is 1. The van der Waals surface area contributed by atoms with Crippen LogP contribution >= 0.6 is 11.3 Å². The Labute approximate surface area is 179 Å².